The van der Waals surface area contributed by atoms with Crippen molar-refractivity contribution in [3.8, 4) is 5.75 Å². The number of carbonyl (C=O) groups excluding carboxylic acids is 2. The first-order valence-electron chi connectivity index (χ1n) is 6.24. The highest BCUT2D eigenvalue weighted by atomic mass is 35.5. The molecule has 0 aliphatic carbocycles. The predicted molar refractivity (Wildman–Crippen MR) is 72.5 cm³/mol. The summed E-state index contributed by atoms with van der Waals surface area (Å²) in [5.74, 6) is 0.625. The molecule has 0 atom stereocenters. The number of hydrogen-bond acceptors (Lipinski definition) is 3. The minimum absolute atomic E-state index is 0.0443. The van der Waals surface area contributed by atoms with Gasteiger partial charge in [0.25, 0.3) is 5.91 Å². The third kappa shape index (κ3) is 3.70. The molecular formula is C14H16ClNO3. The Labute approximate surface area is 117 Å². The number of carbonyl (C=O) groups is 2. The first kappa shape index (κ1) is 13.9. The molecule has 1 aliphatic heterocycles. The van der Waals surface area contributed by atoms with Crippen molar-refractivity contribution in [1.29, 1.82) is 0 Å². The highest BCUT2D eigenvalue weighted by Gasteiger charge is 2.21. The molecule has 5 heteroatoms. The zero-order valence-corrected chi connectivity index (χ0v) is 11.6. The number of piperidine rings is 1. The Bertz CT molecular complexity index is 491. The van der Waals surface area contributed by atoms with E-state index in [0.717, 1.165) is 5.56 Å². The van der Waals surface area contributed by atoms with Crippen LogP contribution in [-0.2, 0) is 9.59 Å². The number of rotatable bonds is 3. The molecular weight excluding hydrogens is 266 g/mol. The Balaban J connectivity index is 1.89. The third-order valence-electron chi connectivity index (χ3n) is 3.11. The van der Waals surface area contributed by atoms with Crippen LogP contribution in [0.25, 0.3) is 0 Å². The number of halogens is 1. The van der Waals surface area contributed by atoms with Crippen LogP contribution in [0.1, 0.15) is 18.4 Å². The van der Waals surface area contributed by atoms with Gasteiger partial charge >= 0.3 is 0 Å². The number of nitrogens with zero attached hydrogens (tertiary/aromatic N) is 1. The molecule has 0 unspecified atom stereocenters. The van der Waals surface area contributed by atoms with E-state index in [1.807, 2.05) is 13.0 Å². The fourth-order valence-electron chi connectivity index (χ4n) is 1.96. The normalized spacial score (nSPS) is 15.5. The standard InChI is InChI=1S/C14H16ClNO3/c1-10-2-3-12(15)13(8-10)19-9-14(18)16-6-4-11(17)5-7-16/h2-3,8H,4-7,9H2,1H3. The lowest BCUT2D eigenvalue weighted by Gasteiger charge is -2.26. The van der Waals surface area contributed by atoms with E-state index in [2.05, 4.69) is 0 Å². The van der Waals surface area contributed by atoms with Crippen LogP contribution >= 0.6 is 11.6 Å². The van der Waals surface area contributed by atoms with Gasteiger partial charge in [0.05, 0.1) is 5.02 Å². The molecule has 1 heterocycles. The zero-order chi connectivity index (χ0) is 13.8. The third-order valence-corrected chi connectivity index (χ3v) is 3.42. The smallest absolute Gasteiger partial charge is 0.260 e. The van der Waals surface area contributed by atoms with E-state index in [1.54, 1.807) is 17.0 Å². The second-order valence-corrected chi connectivity index (χ2v) is 5.05. The molecule has 1 aromatic rings. The maximum atomic E-state index is 11.9. The summed E-state index contributed by atoms with van der Waals surface area (Å²) in [6.07, 6.45) is 0.883. The summed E-state index contributed by atoms with van der Waals surface area (Å²) in [6, 6.07) is 5.43. The maximum Gasteiger partial charge on any atom is 0.260 e. The molecule has 19 heavy (non-hydrogen) atoms. The van der Waals surface area contributed by atoms with Crippen LogP contribution < -0.4 is 4.74 Å². The second-order valence-electron chi connectivity index (χ2n) is 4.64. The second kappa shape index (κ2) is 6.06. The number of benzene rings is 1. The van der Waals surface area contributed by atoms with E-state index in [-0.39, 0.29) is 18.3 Å². The predicted octanol–water partition coefficient (Wildman–Crippen LogP) is 2.22. The quantitative estimate of drug-likeness (QED) is 0.853. The average molecular weight is 282 g/mol. The molecule has 0 radical (unpaired) electrons. The van der Waals surface area contributed by atoms with E-state index < -0.39 is 0 Å². The summed E-state index contributed by atoms with van der Waals surface area (Å²) in [6.45, 7) is 2.86. The molecule has 1 aromatic carbocycles. The van der Waals surface area contributed by atoms with Crippen molar-refractivity contribution in [2.24, 2.45) is 0 Å². The van der Waals surface area contributed by atoms with Gasteiger partial charge in [0.2, 0.25) is 0 Å². The van der Waals surface area contributed by atoms with Crippen LogP contribution in [-0.4, -0.2) is 36.3 Å². The van der Waals surface area contributed by atoms with Gasteiger partial charge in [-0.1, -0.05) is 17.7 Å². The fraction of sp³-hybridized carbons (Fsp3) is 0.429. The first-order chi connectivity index (χ1) is 9.06. The number of ketones is 1. The van der Waals surface area contributed by atoms with Crippen LogP contribution in [0.3, 0.4) is 0 Å². The number of hydrogen-bond donors (Lipinski definition) is 0. The Morgan fingerprint density at radius 2 is 2.05 bits per heavy atom. The minimum atomic E-state index is -0.106. The first-order valence-corrected chi connectivity index (χ1v) is 6.62. The largest absolute Gasteiger partial charge is 0.482 e. The van der Waals surface area contributed by atoms with Crippen LogP contribution in [0.4, 0.5) is 0 Å². The Morgan fingerprint density at radius 3 is 2.74 bits per heavy atom. The van der Waals surface area contributed by atoms with Gasteiger partial charge in [-0.25, -0.2) is 0 Å². The van der Waals surface area contributed by atoms with Crippen molar-refractivity contribution in [3.63, 3.8) is 0 Å². The minimum Gasteiger partial charge on any atom is -0.482 e. The molecule has 0 N–H and O–H groups in total. The van der Waals surface area contributed by atoms with Crippen molar-refractivity contribution in [3.05, 3.63) is 28.8 Å². The topological polar surface area (TPSA) is 46.6 Å². The number of Topliss-reactive ketones (excluding diaryl/α,β-unsaturated/α-hetero) is 1. The van der Waals surface area contributed by atoms with Crippen molar-refractivity contribution in [2.45, 2.75) is 19.8 Å². The molecule has 1 saturated heterocycles. The average Bonchev–Trinajstić information content (AvgIpc) is 2.40. The summed E-state index contributed by atoms with van der Waals surface area (Å²) in [7, 11) is 0. The van der Waals surface area contributed by atoms with Gasteiger partial charge in [0.15, 0.2) is 6.61 Å². The van der Waals surface area contributed by atoms with Crippen LogP contribution in [0.5, 0.6) is 5.75 Å². The monoisotopic (exact) mass is 281 g/mol. The summed E-state index contributed by atoms with van der Waals surface area (Å²) < 4.78 is 5.45. The molecule has 0 bridgehead atoms. The van der Waals surface area contributed by atoms with Crippen molar-refractivity contribution in [1.82, 2.24) is 4.90 Å². The van der Waals surface area contributed by atoms with E-state index in [4.69, 9.17) is 16.3 Å². The maximum absolute atomic E-state index is 11.9. The number of amides is 1. The molecule has 0 saturated carbocycles. The number of likely N-dealkylation sites (tertiary alicyclic amines) is 1. The molecule has 1 fully saturated rings. The summed E-state index contributed by atoms with van der Waals surface area (Å²) in [5.41, 5.74) is 1.02. The van der Waals surface area contributed by atoms with Gasteiger partial charge in [-0.15, -0.1) is 0 Å². The molecule has 102 valence electrons. The summed E-state index contributed by atoms with van der Waals surface area (Å²) in [5, 5.41) is 0.493. The Kier molecular flexibility index (Phi) is 4.43. The van der Waals surface area contributed by atoms with Gasteiger partial charge in [-0.05, 0) is 24.6 Å². The van der Waals surface area contributed by atoms with Crippen LogP contribution in [0.2, 0.25) is 5.02 Å². The van der Waals surface area contributed by atoms with Crippen molar-refractivity contribution >= 4 is 23.3 Å². The molecule has 0 spiro atoms. The van der Waals surface area contributed by atoms with Crippen molar-refractivity contribution < 1.29 is 14.3 Å². The lowest BCUT2D eigenvalue weighted by atomic mass is 10.1. The van der Waals surface area contributed by atoms with Crippen LogP contribution in [0.15, 0.2) is 18.2 Å². The summed E-state index contributed by atoms with van der Waals surface area (Å²) in [4.78, 5) is 24.7. The molecule has 2 rings (SSSR count). The van der Waals surface area contributed by atoms with Gasteiger partial charge in [-0.2, -0.15) is 0 Å². The Hall–Kier alpha value is -1.55. The van der Waals surface area contributed by atoms with Gasteiger partial charge in [0.1, 0.15) is 11.5 Å². The van der Waals surface area contributed by atoms with E-state index in [9.17, 15) is 9.59 Å². The molecule has 1 amide bonds. The summed E-state index contributed by atoms with van der Waals surface area (Å²) >= 11 is 5.99. The lowest BCUT2D eigenvalue weighted by Crippen LogP contribution is -2.41. The zero-order valence-electron chi connectivity index (χ0n) is 10.8. The number of aryl methyl sites for hydroxylation is 1. The SMILES string of the molecule is Cc1ccc(Cl)c(OCC(=O)N2CCC(=O)CC2)c1. The highest BCUT2D eigenvalue weighted by molar-refractivity contribution is 6.32. The van der Waals surface area contributed by atoms with Gasteiger partial charge < -0.3 is 9.64 Å². The van der Waals surface area contributed by atoms with E-state index in [0.29, 0.717) is 36.7 Å². The Morgan fingerprint density at radius 1 is 1.37 bits per heavy atom. The van der Waals surface area contributed by atoms with Gasteiger partial charge in [-0.3, -0.25) is 9.59 Å². The molecule has 4 nitrogen and oxygen atoms in total. The molecule has 1 aliphatic rings. The van der Waals surface area contributed by atoms with Gasteiger partial charge in [0, 0.05) is 25.9 Å². The fourth-order valence-corrected chi connectivity index (χ4v) is 2.13. The van der Waals surface area contributed by atoms with Crippen LogP contribution in [0, 0.1) is 6.92 Å². The highest BCUT2D eigenvalue weighted by Crippen LogP contribution is 2.25. The lowest BCUT2D eigenvalue weighted by molar-refractivity contribution is -0.136. The van der Waals surface area contributed by atoms with E-state index >= 15 is 0 Å². The van der Waals surface area contributed by atoms with E-state index in [1.165, 1.54) is 0 Å². The number of ether oxygens (including phenoxy) is 1. The van der Waals surface area contributed by atoms with Crippen molar-refractivity contribution in [2.75, 3.05) is 19.7 Å². The molecule has 0 aromatic heterocycles.